The van der Waals surface area contributed by atoms with Gasteiger partial charge in [-0.05, 0) is 66.6 Å². The number of hydrogen-bond acceptors (Lipinski definition) is 6. The van der Waals surface area contributed by atoms with Gasteiger partial charge in [-0.25, -0.2) is 0 Å². The van der Waals surface area contributed by atoms with E-state index in [2.05, 4.69) is 16.0 Å². The molecule has 0 saturated carbocycles. The van der Waals surface area contributed by atoms with E-state index in [1.165, 1.54) is 36.0 Å². The summed E-state index contributed by atoms with van der Waals surface area (Å²) in [6, 6.07) is 28.7. The molecule has 9 nitrogen and oxygen atoms in total. The van der Waals surface area contributed by atoms with Gasteiger partial charge in [-0.15, -0.1) is 11.8 Å². The standard InChI is InChI=1S/C31H26N4O5S/c1-21-8-5-6-11-23(21)18-28(34-30(37)22-9-3-2-4-10-22)31(38)33-25-12-7-13-27(19-25)41-20-29(36)32-24-14-16-26(17-15-24)35(39)40/h2-19H,20H2,1H3,(H,32,36)(H,33,38)(H,34,37)/b28-18-. The molecule has 206 valence electrons. The fourth-order valence-corrected chi connectivity index (χ4v) is 4.48. The fraction of sp³-hybridized carbons (Fsp3) is 0.0645. The lowest BCUT2D eigenvalue weighted by Gasteiger charge is -2.13. The Kier molecular flexibility index (Phi) is 9.63. The summed E-state index contributed by atoms with van der Waals surface area (Å²) in [7, 11) is 0. The molecule has 4 aromatic rings. The molecule has 0 aliphatic rings. The molecule has 4 rings (SSSR count). The average molecular weight is 567 g/mol. The number of nitro benzene ring substituents is 1. The number of nitrogens with one attached hydrogen (secondary N) is 3. The van der Waals surface area contributed by atoms with Crippen LogP contribution >= 0.6 is 11.8 Å². The normalized spacial score (nSPS) is 10.9. The maximum Gasteiger partial charge on any atom is 0.272 e. The second kappa shape index (κ2) is 13.7. The van der Waals surface area contributed by atoms with Gasteiger partial charge < -0.3 is 16.0 Å². The van der Waals surface area contributed by atoms with E-state index in [-0.39, 0.29) is 23.0 Å². The van der Waals surface area contributed by atoms with Crippen molar-refractivity contribution in [1.82, 2.24) is 5.32 Å². The van der Waals surface area contributed by atoms with Crippen molar-refractivity contribution in [3.63, 3.8) is 0 Å². The van der Waals surface area contributed by atoms with E-state index in [1.54, 1.807) is 60.7 Å². The molecule has 0 spiro atoms. The average Bonchev–Trinajstić information content (AvgIpc) is 2.97. The van der Waals surface area contributed by atoms with Crippen molar-refractivity contribution in [2.75, 3.05) is 16.4 Å². The summed E-state index contributed by atoms with van der Waals surface area (Å²) in [4.78, 5) is 49.6. The Morgan fingerprint density at radius 2 is 1.54 bits per heavy atom. The lowest BCUT2D eigenvalue weighted by atomic mass is 10.1. The largest absolute Gasteiger partial charge is 0.325 e. The molecule has 0 aliphatic carbocycles. The number of benzene rings is 4. The van der Waals surface area contributed by atoms with Gasteiger partial charge in [-0.1, -0.05) is 48.5 Å². The lowest BCUT2D eigenvalue weighted by Crippen LogP contribution is -2.30. The molecule has 4 aromatic carbocycles. The van der Waals surface area contributed by atoms with Crippen LogP contribution in [0.2, 0.25) is 0 Å². The van der Waals surface area contributed by atoms with Gasteiger partial charge in [0.15, 0.2) is 0 Å². The van der Waals surface area contributed by atoms with Gasteiger partial charge in [-0.3, -0.25) is 24.5 Å². The van der Waals surface area contributed by atoms with Crippen LogP contribution in [0.15, 0.2) is 114 Å². The van der Waals surface area contributed by atoms with Gasteiger partial charge in [0.2, 0.25) is 5.91 Å². The maximum absolute atomic E-state index is 13.3. The number of nitro groups is 1. The van der Waals surface area contributed by atoms with Crippen LogP contribution in [0.3, 0.4) is 0 Å². The van der Waals surface area contributed by atoms with Crippen LogP contribution in [0.25, 0.3) is 6.08 Å². The minimum absolute atomic E-state index is 0.0622. The summed E-state index contributed by atoms with van der Waals surface area (Å²) < 4.78 is 0. The number of rotatable bonds is 10. The highest BCUT2D eigenvalue weighted by atomic mass is 32.2. The van der Waals surface area contributed by atoms with E-state index in [1.807, 2.05) is 31.2 Å². The molecule has 0 aromatic heterocycles. The van der Waals surface area contributed by atoms with Crippen molar-refractivity contribution >= 4 is 52.6 Å². The molecule has 41 heavy (non-hydrogen) atoms. The molecule has 0 unspecified atom stereocenters. The summed E-state index contributed by atoms with van der Waals surface area (Å²) >= 11 is 1.26. The number of hydrogen-bond donors (Lipinski definition) is 3. The van der Waals surface area contributed by atoms with Crippen molar-refractivity contribution in [3.8, 4) is 0 Å². The van der Waals surface area contributed by atoms with Crippen LogP contribution < -0.4 is 16.0 Å². The second-order valence-corrected chi connectivity index (χ2v) is 9.91. The Hall–Kier alpha value is -5.22. The predicted octanol–water partition coefficient (Wildman–Crippen LogP) is 6.04. The van der Waals surface area contributed by atoms with Crippen LogP contribution in [0.1, 0.15) is 21.5 Å². The van der Waals surface area contributed by atoms with Gasteiger partial charge in [0, 0.05) is 34.0 Å². The molecule has 10 heteroatoms. The first kappa shape index (κ1) is 28.8. The zero-order valence-electron chi connectivity index (χ0n) is 22.0. The fourth-order valence-electron chi connectivity index (χ4n) is 3.72. The number of amides is 3. The van der Waals surface area contributed by atoms with Gasteiger partial charge in [0.25, 0.3) is 17.5 Å². The Labute approximate surface area is 240 Å². The first-order valence-electron chi connectivity index (χ1n) is 12.5. The molecule has 0 aliphatic heterocycles. The molecular weight excluding hydrogens is 540 g/mol. The number of nitrogens with zero attached hydrogens (tertiary/aromatic N) is 1. The monoisotopic (exact) mass is 566 g/mol. The summed E-state index contributed by atoms with van der Waals surface area (Å²) in [5.74, 6) is -1.12. The number of carbonyl (C=O) groups excluding carboxylic acids is 3. The molecule has 0 fully saturated rings. The SMILES string of the molecule is Cc1ccccc1/C=C(\NC(=O)c1ccccc1)C(=O)Nc1cccc(SCC(=O)Nc2ccc([N+](=O)[O-])cc2)c1. The topological polar surface area (TPSA) is 130 Å². The van der Waals surface area contributed by atoms with E-state index in [9.17, 15) is 24.5 Å². The van der Waals surface area contributed by atoms with Crippen molar-refractivity contribution in [2.24, 2.45) is 0 Å². The summed E-state index contributed by atoms with van der Waals surface area (Å²) in [6.07, 6.45) is 1.63. The number of non-ortho nitro benzene ring substituents is 1. The highest BCUT2D eigenvalue weighted by Gasteiger charge is 2.16. The highest BCUT2D eigenvalue weighted by molar-refractivity contribution is 8.00. The van der Waals surface area contributed by atoms with Crippen molar-refractivity contribution < 1.29 is 19.3 Å². The predicted molar refractivity (Wildman–Crippen MR) is 161 cm³/mol. The Morgan fingerprint density at radius 1 is 0.829 bits per heavy atom. The molecule has 3 amide bonds. The van der Waals surface area contributed by atoms with Crippen molar-refractivity contribution in [2.45, 2.75) is 11.8 Å². The van der Waals surface area contributed by atoms with Crippen molar-refractivity contribution in [3.05, 3.63) is 136 Å². The van der Waals surface area contributed by atoms with E-state index < -0.39 is 16.7 Å². The minimum atomic E-state index is -0.508. The summed E-state index contributed by atoms with van der Waals surface area (Å²) in [5, 5.41) is 19.1. The Bertz CT molecular complexity index is 1600. The lowest BCUT2D eigenvalue weighted by molar-refractivity contribution is -0.384. The highest BCUT2D eigenvalue weighted by Crippen LogP contribution is 2.23. The van der Waals surface area contributed by atoms with Gasteiger partial charge >= 0.3 is 0 Å². The van der Waals surface area contributed by atoms with Gasteiger partial charge in [-0.2, -0.15) is 0 Å². The third kappa shape index (κ3) is 8.38. The number of carbonyl (C=O) groups is 3. The number of anilines is 2. The van der Waals surface area contributed by atoms with Crippen LogP contribution in [0.4, 0.5) is 17.1 Å². The Balaban J connectivity index is 1.43. The molecule has 3 N–H and O–H groups in total. The third-order valence-corrected chi connectivity index (χ3v) is 6.83. The van der Waals surface area contributed by atoms with Gasteiger partial charge in [0.05, 0.1) is 10.7 Å². The smallest absolute Gasteiger partial charge is 0.272 e. The van der Waals surface area contributed by atoms with E-state index in [0.29, 0.717) is 16.9 Å². The third-order valence-electron chi connectivity index (χ3n) is 5.84. The minimum Gasteiger partial charge on any atom is -0.325 e. The van der Waals surface area contributed by atoms with Crippen molar-refractivity contribution in [1.29, 1.82) is 0 Å². The van der Waals surface area contributed by atoms with E-state index >= 15 is 0 Å². The summed E-state index contributed by atoms with van der Waals surface area (Å²) in [5.41, 5.74) is 3.10. The van der Waals surface area contributed by atoms with Crippen LogP contribution in [-0.4, -0.2) is 28.4 Å². The maximum atomic E-state index is 13.3. The van der Waals surface area contributed by atoms with Crippen LogP contribution in [-0.2, 0) is 9.59 Å². The molecule has 0 atom stereocenters. The molecule has 0 heterocycles. The van der Waals surface area contributed by atoms with E-state index in [0.717, 1.165) is 16.0 Å². The molecule has 0 radical (unpaired) electrons. The van der Waals surface area contributed by atoms with Gasteiger partial charge in [0.1, 0.15) is 5.70 Å². The number of thioether (sulfide) groups is 1. The van der Waals surface area contributed by atoms with Crippen LogP contribution in [0, 0.1) is 17.0 Å². The summed E-state index contributed by atoms with van der Waals surface area (Å²) in [6.45, 7) is 1.92. The quantitative estimate of drug-likeness (QED) is 0.0928. The van der Waals surface area contributed by atoms with Crippen LogP contribution in [0.5, 0.6) is 0 Å². The molecular formula is C31H26N4O5S. The zero-order chi connectivity index (χ0) is 29.2. The second-order valence-electron chi connectivity index (χ2n) is 8.86. The zero-order valence-corrected chi connectivity index (χ0v) is 22.8. The first-order chi connectivity index (χ1) is 19.8. The van der Waals surface area contributed by atoms with E-state index in [4.69, 9.17) is 0 Å². The molecule has 0 saturated heterocycles. The first-order valence-corrected chi connectivity index (χ1v) is 13.5. The Morgan fingerprint density at radius 3 is 2.24 bits per heavy atom. The number of aryl methyl sites for hydroxylation is 1. The molecule has 0 bridgehead atoms.